The number of amides is 1. The van der Waals surface area contributed by atoms with Crippen LogP contribution in [0, 0.1) is 5.92 Å². The van der Waals surface area contributed by atoms with E-state index in [4.69, 9.17) is 9.84 Å². The highest BCUT2D eigenvalue weighted by Gasteiger charge is 2.19. The van der Waals surface area contributed by atoms with Crippen molar-refractivity contribution in [1.82, 2.24) is 5.32 Å². The summed E-state index contributed by atoms with van der Waals surface area (Å²) in [5.41, 5.74) is 0.437. The minimum Gasteiger partial charge on any atom is -0.507 e. The third kappa shape index (κ3) is 5.47. The second kappa shape index (κ2) is 8.07. The molecule has 6 heteroatoms. The molecule has 0 saturated carbocycles. The molecule has 1 aromatic rings. The number of nitrogens with one attached hydrogen (secondary N) is 1. The summed E-state index contributed by atoms with van der Waals surface area (Å²) in [6.07, 6.45) is 2.96. The van der Waals surface area contributed by atoms with Gasteiger partial charge in [-0.3, -0.25) is 4.79 Å². The number of carbonyl (C=O) groups is 2. The fourth-order valence-corrected chi connectivity index (χ4v) is 1.87. The summed E-state index contributed by atoms with van der Waals surface area (Å²) >= 11 is 0. The van der Waals surface area contributed by atoms with Crippen LogP contribution < -0.4 is 10.1 Å². The SMILES string of the molecule is COc1ccc(/C=C/C(=O)NC(CC(C)C)C(=O)O)c(O)c1. The zero-order valence-electron chi connectivity index (χ0n) is 12.9. The Hall–Kier alpha value is -2.50. The van der Waals surface area contributed by atoms with Crippen molar-refractivity contribution in [2.24, 2.45) is 5.92 Å². The van der Waals surface area contributed by atoms with E-state index in [0.29, 0.717) is 17.7 Å². The molecule has 0 bridgehead atoms. The number of carboxylic acids is 1. The molecule has 0 aliphatic rings. The van der Waals surface area contributed by atoms with E-state index in [9.17, 15) is 14.7 Å². The Kier molecular flexibility index (Phi) is 6.44. The van der Waals surface area contributed by atoms with Crippen LogP contribution in [0.25, 0.3) is 6.08 Å². The van der Waals surface area contributed by atoms with Crippen molar-refractivity contribution in [2.45, 2.75) is 26.3 Å². The Morgan fingerprint density at radius 3 is 2.55 bits per heavy atom. The Morgan fingerprint density at radius 1 is 1.36 bits per heavy atom. The molecule has 0 aliphatic carbocycles. The largest absolute Gasteiger partial charge is 0.507 e. The first-order valence-corrected chi connectivity index (χ1v) is 6.92. The second-order valence-electron chi connectivity index (χ2n) is 5.29. The zero-order valence-corrected chi connectivity index (χ0v) is 12.9. The highest BCUT2D eigenvalue weighted by molar-refractivity contribution is 5.94. The van der Waals surface area contributed by atoms with E-state index in [1.165, 1.54) is 25.3 Å². The van der Waals surface area contributed by atoms with E-state index in [1.54, 1.807) is 12.1 Å². The number of rotatable bonds is 7. The predicted octanol–water partition coefficient (Wildman–Crippen LogP) is 2.03. The van der Waals surface area contributed by atoms with Gasteiger partial charge in [-0.2, -0.15) is 0 Å². The summed E-state index contributed by atoms with van der Waals surface area (Å²) in [4.78, 5) is 22.9. The molecule has 0 fully saturated rings. The Morgan fingerprint density at radius 2 is 2.05 bits per heavy atom. The standard InChI is InChI=1S/C16H21NO5/c1-10(2)8-13(16(20)21)17-15(19)7-5-11-4-6-12(22-3)9-14(11)18/h4-7,9-10,13,18H,8H2,1-3H3,(H,17,19)(H,20,21)/b7-5+. The smallest absolute Gasteiger partial charge is 0.326 e. The monoisotopic (exact) mass is 307 g/mol. The van der Waals surface area contributed by atoms with Crippen LogP contribution in [0.1, 0.15) is 25.8 Å². The molecule has 120 valence electrons. The number of hydrogen-bond acceptors (Lipinski definition) is 4. The number of phenols is 1. The van der Waals surface area contributed by atoms with Crippen LogP contribution in [0.15, 0.2) is 24.3 Å². The number of hydrogen-bond donors (Lipinski definition) is 3. The predicted molar refractivity (Wildman–Crippen MR) is 82.7 cm³/mol. The molecule has 1 aromatic carbocycles. The highest BCUT2D eigenvalue weighted by Crippen LogP contribution is 2.24. The van der Waals surface area contributed by atoms with E-state index >= 15 is 0 Å². The molecule has 1 atom stereocenters. The lowest BCUT2D eigenvalue weighted by Gasteiger charge is -2.15. The lowest BCUT2D eigenvalue weighted by molar-refractivity contribution is -0.141. The van der Waals surface area contributed by atoms with Gasteiger partial charge in [0, 0.05) is 17.7 Å². The number of methoxy groups -OCH3 is 1. The number of aromatic hydroxyl groups is 1. The van der Waals surface area contributed by atoms with E-state index in [2.05, 4.69) is 5.32 Å². The van der Waals surface area contributed by atoms with Crippen LogP contribution in [0.5, 0.6) is 11.5 Å². The Balaban J connectivity index is 2.72. The second-order valence-corrected chi connectivity index (χ2v) is 5.29. The number of phenolic OH excluding ortho intramolecular Hbond substituents is 1. The normalized spacial score (nSPS) is 12.4. The molecule has 3 N–H and O–H groups in total. The first-order chi connectivity index (χ1) is 10.3. The minimum absolute atomic E-state index is 0.0274. The number of benzene rings is 1. The van der Waals surface area contributed by atoms with Crippen LogP contribution >= 0.6 is 0 Å². The molecule has 22 heavy (non-hydrogen) atoms. The summed E-state index contributed by atoms with van der Waals surface area (Å²) in [6, 6.07) is 3.74. The molecular weight excluding hydrogens is 286 g/mol. The molecule has 1 rings (SSSR count). The molecule has 1 amide bonds. The number of aliphatic carboxylic acids is 1. The van der Waals surface area contributed by atoms with E-state index in [-0.39, 0.29) is 11.7 Å². The molecular formula is C16H21NO5. The van der Waals surface area contributed by atoms with Crippen LogP contribution in [0.3, 0.4) is 0 Å². The van der Waals surface area contributed by atoms with E-state index in [1.807, 2.05) is 13.8 Å². The third-order valence-electron chi connectivity index (χ3n) is 2.97. The van der Waals surface area contributed by atoms with Gasteiger partial charge in [-0.05, 0) is 30.5 Å². The molecule has 0 aromatic heterocycles. The van der Waals surface area contributed by atoms with Crippen molar-refractivity contribution < 1.29 is 24.5 Å². The Labute approximate surface area is 129 Å². The summed E-state index contributed by atoms with van der Waals surface area (Å²) in [5.74, 6) is -0.968. The lowest BCUT2D eigenvalue weighted by atomic mass is 10.0. The first kappa shape index (κ1) is 17.6. The van der Waals surface area contributed by atoms with Gasteiger partial charge in [-0.1, -0.05) is 13.8 Å². The molecule has 0 heterocycles. The Bertz CT molecular complexity index is 566. The van der Waals surface area contributed by atoms with Crippen LogP contribution in [0.4, 0.5) is 0 Å². The maximum Gasteiger partial charge on any atom is 0.326 e. The number of carbonyl (C=O) groups excluding carboxylic acids is 1. The molecule has 0 radical (unpaired) electrons. The fraction of sp³-hybridized carbons (Fsp3) is 0.375. The van der Waals surface area contributed by atoms with Gasteiger partial charge in [0.1, 0.15) is 17.5 Å². The van der Waals surface area contributed by atoms with Crippen LogP contribution in [0.2, 0.25) is 0 Å². The van der Waals surface area contributed by atoms with Crippen molar-refractivity contribution in [2.75, 3.05) is 7.11 Å². The maximum absolute atomic E-state index is 11.8. The molecule has 0 aliphatic heterocycles. The van der Waals surface area contributed by atoms with Crippen LogP contribution in [-0.2, 0) is 9.59 Å². The lowest BCUT2D eigenvalue weighted by Crippen LogP contribution is -2.40. The van der Waals surface area contributed by atoms with Crippen molar-refractivity contribution >= 4 is 18.0 Å². The summed E-state index contributed by atoms with van der Waals surface area (Å²) in [7, 11) is 1.48. The van der Waals surface area contributed by atoms with Crippen molar-refractivity contribution in [1.29, 1.82) is 0 Å². The molecule has 0 saturated heterocycles. The van der Waals surface area contributed by atoms with Gasteiger partial charge in [0.05, 0.1) is 7.11 Å². The third-order valence-corrected chi connectivity index (χ3v) is 2.97. The van der Waals surface area contributed by atoms with Crippen molar-refractivity contribution in [3.05, 3.63) is 29.8 Å². The molecule has 0 spiro atoms. The summed E-state index contributed by atoms with van der Waals surface area (Å²) < 4.78 is 4.96. The molecule has 1 unspecified atom stereocenters. The van der Waals surface area contributed by atoms with E-state index in [0.717, 1.165) is 0 Å². The summed E-state index contributed by atoms with van der Waals surface area (Å²) in [5, 5.41) is 21.3. The summed E-state index contributed by atoms with van der Waals surface area (Å²) in [6.45, 7) is 3.76. The van der Waals surface area contributed by atoms with Crippen molar-refractivity contribution in [3.63, 3.8) is 0 Å². The molecule has 6 nitrogen and oxygen atoms in total. The van der Waals surface area contributed by atoms with Gasteiger partial charge in [0.2, 0.25) is 5.91 Å². The van der Waals surface area contributed by atoms with Gasteiger partial charge in [-0.25, -0.2) is 4.79 Å². The van der Waals surface area contributed by atoms with Crippen molar-refractivity contribution in [3.8, 4) is 11.5 Å². The zero-order chi connectivity index (χ0) is 16.7. The first-order valence-electron chi connectivity index (χ1n) is 6.92. The van der Waals surface area contributed by atoms with Crippen LogP contribution in [-0.4, -0.2) is 35.2 Å². The number of carboxylic acid groups (broad SMARTS) is 1. The van der Waals surface area contributed by atoms with Gasteiger partial charge >= 0.3 is 5.97 Å². The maximum atomic E-state index is 11.8. The average Bonchev–Trinajstić information content (AvgIpc) is 2.44. The minimum atomic E-state index is -1.07. The van der Waals surface area contributed by atoms with E-state index < -0.39 is 17.9 Å². The fourth-order valence-electron chi connectivity index (χ4n) is 1.87. The van der Waals surface area contributed by atoms with Gasteiger partial charge < -0.3 is 20.3 Å². The topological polar surface area (TPSA) is 95.9 Å². The van der Waals surface area contributed by atoms with Gasteiger partial charge in [0.15, 0.2) is 0 Å². The van der Waals surface area contributed by atoms with Gasteiger partial charge in [-0.15, -0.1) is 0 Å². The number of ether oxygens (including phenoxy) is 1. The highest BCUT2D eigenvalue weighted by atomic mass is 16.5. The van der Waals surface area contributed by atoms with Gasteiger partial charge in [0.25, 0.3) is 0 Å². The average molecular weight is 307 g/mol. The quantitative estimate of drug-likeness (QED) is 0.670.